The first-order valence-corrected chi connectivity index (χ1v) is 9.42. The Morgan fingerprint density at radius 3 is 2.59 bits per heavy atom. The smallest absolute Gasteiger partial charge is 0.262 e. The van der Waals surface area contributed by atoms with E-state index in [2.05, 4.69) is 0 Å². The van der Waals surface area contributed by atoms with Crippen LogP contribution in [0.25, 0.3) is 0 Å². The van der Waals surface area contributed by atoms with Crippen LogP contribution in [0.5, 0.6) is 0 Å². The number of aryl methyl sites for hydroxylation is 1. The van der Waals surface area contributed by atoms with Gasteiger partial charge in [0.15, 0.2) is 0 Å². The zero-order valence-corrected chi connectivity index (χ0v) is 16.1. The zero-order chi connectivity index (χ0) is 19.6. The van der Waals surface area contributed by atoms with Crippen LogP contribution in [0.3, 0.4) is 0 Å². The molecule has 1 fully saturated rings. The quantitative estimate of drug-likeness (QED) is 0.631. The van der Waals surface area contributed by atoms with Gasteiger partial charge in [-0.3, -0.25) is 14.5 Å². The highest BCUT2D eigenvalue weighted by atomic mass is 35.5. The average molecular weight is 398 g/mol. The van der Waals surface area contributed by atoms with Gasteiger partial charge < -0.3 is 5.73 Å². The van der Waals surface area contributed by atoms with Crippen LogP contribution >= 0.6 is 23.4 Å². The van der Waals surface area contributed by atoms with Crippen molar-refractivity contribution in [2.75, 3.05) is 4.90 Å². The SMILES string of the molecule is Cc1ccc(N2C(=O)C(Cc3cccc(Cl)c3)SC2=C(C#N)C(N)=O)cc1. The van der Waals surface area contributed by atoms with Crippen LogP contribution in [0.2, 0.25) is 5.02 Å². The van der Waals surface area contributed by atoms with Crippen LogP contribution in [0.15, 0.2) is 59.1 Å². The molecular formula is C20H16ClN3O2S. The van der Waals surface area contributed by atoms with Gasteiger partial charge in [-0.15, -0.1) is 0 Å². The van der Waals surface area contributed by atoms with E-state index >= 15 is 0 Å². The molecule has 1 aliphatic heterocycles. The van der Waals surface area contributed by atoms with E-state index in [1.54, 1.807) is 24.3 Å². The number of amides is 2. The molecule has 0 aliphatic carbocycles. The average Bonchev–Trinajstić information content (AvgIpc) is 2.92. The lowest BCUT2D eigenvalue weighted by molar-refractivity contribution is -0.117. The van der Waals surface area contributed by atoms with Crippen LogP contribution in [0.1, 0.15) is 11.1 Å². The second-order valence-electron chi connectivity index (χ2n) is 6.11. The maximum atomic E-state index is 13.1. The standard InChI is InChI=1S/C20H16ClN3O2S/c1-12-5-7-15(8-6-12)24-19(26)17(10-13-3-2-4-14(21)9-13)27-20(24)16(11-22)18(23)25/h2-9,17H,10H2,1H3,(H2,23,25). The number of thioether (sulfide) groups is 1. The number of carbonyl (C=O) groups excluding carboxylic acids is 2. The highest BCUT2D eigenvalue weighted by Crippen LogP contribution is 2.41. The Morgan fingerprint density at radius 1 is 1.30 bits per heavy atom. The molecule has 0 saturated carbocycles. The Morgan fingerprint density at radius 2 is 2.00 bits per heavy atom. The molecule has 5 nitrogen and oxygen atoms in total. The first-order chi connectivity index (χ1) is 12.9. The van der Waals surface area contributed by atoms with E-state index in [4.69, 9.17) is 17.3 Å². The van der Waals surface area contributed by atoms with E-state index in [-0.39, 0.29) is 16.5 Å². The fourth-order valence-corrected chi connectivity index (χ4v) is 4.34. The number of nitrogens with zero attached hydrogens (tertiary/aromatic N) is 2. The summed E-state index contributed by atoms with van der Waals surface area (Å²) in [5.74, 6) is -1.05. The van der Waals surface area contributed by atoms with Crippen molar-refractivity contribution in [2.24, 2.45) is 5.73 Å². The molecule has 136 valence electrons. The number of nitrogens with two attached hydrogens (primary N) is 1. The molecule has 3 rings (SSSR count). The number of hydrogen-bond donors (Lipinski definition) is 1. The number of benzene rings is 2. The summed E-state index contributed by atoms with van der Waals surface area (Å²) >= 11 is 7.21. The summed E-state index contributed by atoms with van der Waals surface area (Å²) in [5, 5.41) is 9.76. The lowest BCUT2D eigenvalue weighted by Crippen LogP contribution is -2.31. The molecular weight excluding hydrogens is 382 g/mol. The molecule has 0 aromatic heterocycles. The van der Waals surface area contributed by atoms with Crippen LogP contribution in [-0.4, -0.2) is 17.1 Å². The molecule has 1 saturated heterocycles. The summed E-state index contributed by atoms with van der Waals surface area (Å²) in [4.78, 5) is 26.3. The minimum atomic E-state index is -0.853. The molecule has 1 unspecified atom stereocenters. The van der Waals surface area contributed by atoms with E-state index in [1.165, 1.54) is 16.7 Å². The van der Waals surface area contributed by atoms with Crippen molar-refractivity contribution in [1.82, 2.24) is 0 Å². The number of nitriles is 1. The molecule has 2 aromatic carbocycles. The maximum Gasteiger partial charge on any atom is 0.262 e. The minimum absolute atomic E-state index is 0.201. The highest BCUT2D eigenvalue weighted by molar-refractivity contribution is 8.05. The third kappa shape index (κ3) is 4.00. The van der Waals surface area contributed by atoms with Crippen LogP contribution in [-0.2, 0) is 16.0 Å². The lowest BCUT2D eigenvalue weighted by atomic mass is 10.1. The van der Waals surface area contributed by atoms with Crippen molar-refractivity contribution in [2.45, 2.75) is 18.6 Å². The molecule has 2 amide bonds. The third-order valence-corrected chi connectivity index (χ3v) is 5.63. The van der Waals surface area contributed by atoms with Crippen molar-refractivity contribution in [3.05, 3.63) is 75.3 Å². The highest BCUT2D eigenvalue weighted by Gasteiger charge is 2.40. The fourth-order valence-electron chi connectivity index (χ4n) is 2.81. The fraction of sp³-hybridized carbons (Fsp3) is 0.150. The monoisotopic (exact) mass is 397 g/mol. The molecule has 27 heavy (non-hydrogen) atoms. The van der Waals surface area contributed by atoms with E-state index in [9.17, 15) is 14.9 Å². The van der Waals surface area contributed by atoms with Crippen molar-refractivity contribution in [1.29, 1.82) is 5.26 Å². The Balaban J connectivity index is 2.03. The van der Waals surface area contributed by atoms with Gasteiger partial charge in [-0.25, -0.2) is 0 Å². The molecule has 2 aromatic rings. The first kappa shape index (κ1) is 19.0. The van der Waals surface area contributed by atoms with Gasteiger partial charge in [-0.1, -0.05) is 53.2 Å². The molecule has 7 heteroatoms. The van der Waals surface area contributed by atoms with Gasteiger partial charge in [0.05, 0.1) is 5.25 Å². The number of rotatable bonds is 4. The molecule has 1 heterocycles. The second-order valence-corrected chi connectivity index (χ2v) is 7.73. The van der Waals surface area contributed by atoms with Crippen molar-refractivity contribution in [3.63, 3.8) is 0 Å². The molecule has 1 aliphatic rings. The second kappa shape index (κ2) is 7.87. The molecule has 2 N–H and O–H groups in total. The van der Waals surface area contributed by atoms with Crippen LogP contribution in [0, 0.1) is 18.3 Å². The predicted octanol–water partition coefficient (Wildman–Crippen LogP) is 3.56. The largest absolute Gasteiger partial charge is 0.365 e. The maximum absolute atomic E-state index is 13.1. The molecule has 0 spiro atoms. The summed E-state index contributed by atoms with van der Waals surface area (Å²) in [5.41, 5.74) is 7.68. The summed E-state index contributed by atoms with van der Waals surface area (Å²) in [6.45, 7) is 1.94. The van der Waals surface area contributed by atoms with Crippen molar-refractivity contribution >= 4 is 40.9 Å². The lowest BCUT2D eigenvalue weighted by Gasteiger charge is -2.18. The van der Waals surface area contributed by atoms with Gasteiger partial charge in [0, 0.05) is 10.7 Å². The molecule has 1 atom stereocenters. The molecule has 0 radical (unpaired) electrons. The summed E-state index contributed by atoms with van der Waals surface area (Å²) in [6, 6.07) is 16.4. The Hall–Kier alpha value is -2.75. The first-order valence-electron chi connectivity index (χ1n) is 8.16. The zero-order valence-electron chi connectivity index (χ0n) is 14.5. The van der Waals surface area contributed by atoms with Crippen molar-refractivity contribution < 1.29 is 9.59 Å². The van der Waals surface area contributed by atoms with E-state index in [0.29, 0.717) is 17.1 Å². The molecule has 0 bridgehead atoms. The number of anilines is 1. The summed E-state index contributed by atoms with van der Waals surface area (Å²) < 4.78 is 0. The van der Waals surface area contributed by atoms with Gasteiger partial charge in [0.2, 0.25) is 5.91 Å². The Kier molecular flexibility index (Phi) is 5.54. The normalized spacial score (nSPS) is 18.3. The topological polar surface area (TPSA) is 87.2 Å². The Bertz CT molecular complexity index is 979. The van der Waals surface area contributed by atoms with Gasteiger partial charge in [0.1, 0.15) is 16.7 Å². The van der Waals surface area contributed by atoms with Gasteiger partial charge in [-0.05, 0) is 43.2 Å². The Labute approximate surface area is 166 Å². The summed E-state index contributed by atoms with van der Waals surface area (Å²) in [7, 11) is 0. The van der Waals surface area contributed by atoms with Crippen LogP contribution in [0.4, 0.5) is 5.69 Å². The predicted molar refractivity (Wildman–Crippen MR) is 107 cm³/mol. The number of hydrogen-bond acceptors (Lipinski definition) is 4. The summed E-state index contributed by atoms with van der Waals surface area (Å²) in [6.07, 6.45) is 0.424. The van der Waals surface area contributed by atoms with E-state index in [1.807, 2.05) is 37.3 Å². The van der Waals surface area contributed by atoms with E-state index in [0.717, 1.165) is 11.1 Å². The third-order valence-electron chi connectivity index (χ3n) is 4.13. The number of carbonyl (C=O) groups is 2. The van der Waals surface area contributed by atoms with E-state index < -0.39 is 11.2 Å². The van der Waals surface area contributed by atoms with Crippen molar-refractivity contribution in [3.8, 4) is 6.07 Å². The van der Waals surface area contributed by atoms with Gasteiger partial charge in [-0.2, -0.15) is 5.26 Å². The number of primary amides is 1. The van der Waals surface area contributed by atoms with Gasteiger partial charge >= 0.3 is 0 Å². The number of halogens is 1. The minimum Gasteiger partial charge on any atom is -0.365 e. The van der Waals surface area contributed by atoms with Crippen LogP contribution < -0.4 is 10.6 Å². The van der Waals surface area contributed by atoms with Gasteiger partial charge in [0.25, 0.3) is 5.91 Å².